The SMILES string of the molecule is CCCCCCCCCCCCCCCCCCCCCC(=O)OCCCCCCCCCCCCCCCCCCCC(=O)NC(CO)C(O)CCCCCCCCCCCCCCC. The molecular formula is C60H119NO5. The van der Waals surface area contributed by atoms with Gasteiger partial charge in [-0.15, -0.1) is 0 Å². The molecule has 3 N–H and O–H groups in total. The van der Waals surface area contributed by atoms with E-state index in [0.29, 0.717) is 25.9 Å². The fraction of sp³-hybridized carbons (Fsp3) is 0.967. The molecule has 0 saturated heterocycles. The average molecular weight is 935 g/mol. The van der Waals surface area contributed by atoms with Crippen molar-refractivity contribution in [1.82, 2.24) is 5.32 Å². The van der Waals surface area contributed by atoms with E-state index in [1.165, 1.54) is 276 Å². The molecule has 0 bridgehead atoms. The monoisotopic (exact) mass is 934 g/mol. The van der Waals surface area contributed by atoms with E-state index in [1.807, 2.05) is 0 Å². The second-order valence-corrected chi connectivity index (χ2v) is 21.1. The number of rotatable bonds is 57. The van der Waals surface area contributed by atoms with Crippen LogP contribution in [0.25, 0.3) is 0 Å². The first-order valence-corrected chi connectivity index (χ1v) is 30.3. The molecule has 66 heavy (non-hydrogen) atoms. The largest absolute Gasteiger partial charge is 0.466 e. The number of aliphatic hydroxyl groups is 2. The molecule has 0 aliphatic heterocycles. The van der Waals surface area contributed by atoms with E-state index in [0.717, 1.165) is 38.5 Å². The molecule has 0 aromatic rings. The Morgan fingerprint density at radius 3 is 0.924 bits per heavy atom. The van der Waals surface area contributed by atoms with Crippen molar-refractivity contribution < 1.29 is 24.5 Å². The summed E-state index contributed by atoms with van der Waals surface area (Å²) in [6, 6.07) is -0.543. The van der Waals surface area contributed by atoms with Crippen molar-refractivity contribution in [3.8, 4) is 0 Å². The van der Waals surface area contributed by atoms with E-state index in [-0.39, 0.29) is 18.5 Å². The summed E-state index contributed by atoms with van der Waals surface area (Å²) >= 11 is 0. The predicted octanol–water partition coefficient (Wildman–Crippen LogP) is 18.7. The van der Waals surface area contributed by atoms with Crippen LogP contribution in [0.4, 0.5) is 0 Å². The van der Waals surface area contributed by atoms with Crippen LogP contribution in [0, 0.1) is 0 Å². The molecule has 0 radical (unpaired) electrons. The second kappa shape index (κ2) is 56.4. The standard InChI is InChI=1S/C60H119NO5/c1-3-5-7-9-11-13-15-17-18-19-20-23-26-30-34-38-42-46-50-54-60(65)66-55-51-47-43-39-35-31-27-24-21-22-25-29-33-37-41-45-49-53-59(64)61-57(56-62)58(63)52-48-44-40-36-32-28-16-14-12-10-8-6-4-2/h57-58,62-63H,3-56H2,1-2H3,(H,61,64). The molecule has 2 unspecified atom stereocenters. The molecule has 0 rings (SSSR count). The maximum absolute atomic E-state index is 12.5. The summed E-state index contributed by atoms with van der Waals surface area (Å²) in [5, 5.41) is 23.2. The Balaban J connectivity index is 3.36. The number of ether oxygens (including phenoxy) is 1. The van der Waals surface area contributed by atoms with Crippen molar-refractivity contribution in [2.75, 3.05) is 13.2 Å². The van der Waals surface area contributed by atoms with Crippen LogP contribution >= 0.6 is 0 Å². The third kappa shape index (κ3) is 52.2. The summed E-state index contributed by atoms with van der Waals surface area (Å²) in [6.45, 7) is 4.97. The van der Waals surface area contributed by atoms with Crippen LogP contribution in [-0.2, 0) is 14.3 Å². The van der Waals surface area contributed by atoms with Gasteiger partial charge in [0, 0.05) is 12.8 Å². The highest BCUT2D eigenvalue weighted by Gasteiger charge is 2.20. The van der Waals surface area contributed by atoms with E-state index in [2.05, 4.69) is 19.2 Å². The Hall–Kier alpha value is -1.14. The lowest BCUT2D eigenvalue weighted by atomic mass is 10.0. The van der Waals surface area contributed by atoms with Crippen molar-refractivity contribution in [3.63, 3.8) is 0 Å². The van der Waals surface area contributed by atoms with E-state index in [4.69, 9.17) is 4.74 Å². The minimum Gasteiger partial charge on any atom is -0.466 e. The van der Waals surface area contributed by atoms with Crippen LogP contribution < -0.4 is 5.32 Å². The van der Waals surface area contributed by atoms with E-state index < -0.39 is 12.1 Å². The van der Waals surface area contributed by atoms with Crippen LogP contribution in [0.15, 0.2) is 0 Å². The molecular weight excluding hydrogens is 815 g/mol. The lowest BCUT2D eigenvalue weighted by Gasteiger charge is -2.22. The van der Waals surface area contributed by atoms with Crippen LogP contribution in [0.2, 0.25) is 0 Å². The number of amides is 1. The molecule has 2 atom stereocenters. The Labute approximate surface area is 413 Å². The Kier molecular flexibility index (Phi) is 55.5. The predicted molar refractivity (Wildman–Crippen MR) is 287 cm³/mol. The van der Waals surface area contributed by atoms with Crippen LogP contribution in [0.3, 0.4) is 0 Å². The number of esters is 1. The first-order chi connectivity index (χ1) is 32.5. The van der Waals surface area contributed by atoms with Crippen LogP contribution in [0.1, 0.15) is 348 Å². The van der Waals surface area contributed by atoms with Gasteiger partial charge < -0.3 is 20.3 Å². The number of unbranched alkanes of at least 4 members (excludes halogenated alkanes) is 46. The zero-order valence-electron chi connectivity index (χ0n) is 45.0. The summed E-state index contributed by atoms with van der Waals surface area (Å²) in [7, 11) is 0. The molecule has 6 heteroatoms. The van der Waals surface area contributed by atoms with Crippen molar-refractivity contribution >= 4 is 11.9 Å². The number of nitrogens with one attached hydrogen (secondary N) is 1. The zero-order valence-corrected chi connectivity index (χ0v) is 45.0. The Bertz CT molecular complexity index is 944. The van der Waals surface area contributed by atoms with Gasteiger partial charge in [0.1, 0.15) is 0 Å². The lowest BCUT2D eigenvalue weighted by Crippen LogP contribution is -2.45. The fourth-order valence-electron chi connectivity index (χ4n) is 9.76. The first kappa shape index (κ1) is 64.9. The van der Waals surface area contributed by atoms with Gasteiger partial charge in [-0.3, -0.25) is 9.59 Å². The smallest absolute Gasteiger partial charge is 0.305 e. The van der Waals surface area contributed by atoms with Gasteiger partial charge in [-0.05, 0) is 25.7 Å². The topological polar surface area (TPSA) is 95.9 Å². The van der Waals surface area contributed by atoms with Crippen molar-refractivity contribution in [2.24, 2.45) is 0 Å². The third-order valence-corrected chi connectivity index (χ3v) is 14.4. The molecule has 394 valence electrons. The zero-order chi connectivity index (χ0) is 47.9. The van der Waals surface area contributed by atoms with Gasteiger partial charge in [-0.2, -0.15) is 0 Å². The Morgan fingerprint density at radius 2 is 0.621 bits per heavy atom. The summed E-state index contributed by atoms with van der Waals surface area (Å²) < 4.78 is 5.50. The summed E-state index contributed by atoms with van der Waals surface area (Å²) in [5.41, 5.74) is 0. The third-order valence-electron chi connectivity index (χ3n) is 14.4. The summed E-state index contributed by atoms with van der Waals surface area (Å²) in [4.78, 5) is 24.6. The number of carbonyl (C=O) groups excluding carboxylic acids is 2. The average Bonchev–Trinajstić information content (AvgIpc) is 3.32. The van der Waals surface area contributed by atoms with Gasteiger partial charge in [0.15, 0.2) is 0 Å². The van der Waals surface area contributed by atoms with E-state index in [9.17, 15) is 19.8 Å². The highest BCUT2D eigenvalue weighted by Crippen LogP contribution is 2.18. The van der Waals surface area contributed by atoms with Crippen molar-refractivity contribution in [1.29, 1.82) is 0 Å². The highest BCUT2D eigenvalue weighted by molar-refractivity contribution is 5.76. The van der Waals surface area contributed by atoms with Crippen molar-refractivity contribution in [3.05, 3.63) is 0 Å². The highest BCUT2D eigenvalue weighted by atomic mass is 16.5. The summed E-state index contributed by atoms with van der Waals surface area (Å²) in [6.07, 6.45) is 65.3. The molecule has 0 aliphatic rings. The second-order valence-electron chi connectivity index (χ2n) is 21.1. The molecule has 0 spiro atoms. The van der Waals surface area contributed by atoms with Crippen LogP contribution in [0.5, 0.6) is 0 Å². The minimum absolute atomic E-state index is 0.0111. The molecule has 0 aliphatic carbocycles. The van der Waals surface area contributed by atoms with Gasteiger partial charge in [-0.1, -0.05) is 309 Å². The molecule has 0 aromatic carbocycles. The van der Waals surface area contributed by atoms with Gasteiger partial charge >= 0.3 is 5.97 Å². The molecule has 1 amide bonds. The summed E-state index contributed by atoms with van der Waals surface area (Å²) in [5.74, 6) is -0.0269. The number of hydrogen-bond acceptors (Lipinski definition) is 5. The first-order valence-electron chi connectivity index (χ1n) is 30.3. The molecule has 0 fully saturated rings. The normalized spacial score (nSPS) is 12.5. The van der Waals surface area contributed by atoms with E-state index in [1.54, 1.807) is 0 Å². The molecule has 6 nitrogen and oxygen atoms in total. The van der Waals surface area contributed by atoms with Crippen molar-refractivity contribution in [2.45, 2.75) is 360 Å². The van der Waals surface area contributed by atoms with Gasteiger partial charge in [0.25, 0.3) is 0 Å². The van der Waals surface area contributed by atoms with Gasteiger partial charge in [-0.25, -0.2) is 0 Å². The number of aliphatic hydroxyl groups excluding tert-OH is 2. The maximum atomic E-state index is 12.5. The maximum Gasteiger partial charge on any atom is 0.305 e. The lowest BCUT2D eigenvalue weighted by molar-refractivity contribution is -0.143. The minimum atomic E-state index is -0.666. The van der Waals surface area contributed by atoms with E-state index >= 15 is 0 Å². The fourth-order valence-corrected chi connectivity index (χ4v) is 9.76. The molecule has 0 aromatic heterocycles. The quantitative estimate of drug-likeness (QED) is 0.0417. The number of hydrogen-bond donors (Lipinski definition) is 3. The van der Waals surface area contributed by atoms with Gasteiger partial charge in [0.05, 0.1) is 25.4 Å². The Morgan fingerprint density at radius 1 is 0.364 bits per heavy atom. The molecule has 0 heterocycles. The number of carbonyl (C=O) groups is 2. The van der Waals surface area contributed by atoms with Gasteiger partial charge in [0.2, 0.25) is 5.91 Å². The molecule has 0 saturated carbocycles. The van der Waals surface area contributed by atoms with Crippen LogP contribution in [-0.4, -0.2) is 47.4 Å².